The van der Waals surface area contributed by atoms with Gasteiger partial charge >= 0.3 is 5.97 Å². The van der Waals surface area contributed by atoms with E-state index in [0.717, 1.165) is 12.8 Å². The largest absolute Gasteiger partial charge is 0.480 e. The molecule has 1 unspecified atom stereocenters. The number of carboxylic acid groups (broad SMARTS) is 1. The highest BCUT2D eigenvalue weighted by Crippen LogP contribution is 2.30. The van der Waals surface area contributed by atoms with Crippen LogP contribution < -0.4 is 5.32 Å². The van der Waals surface area contributed by atoms with E-state index in [1.165, 1.54) is 0 Å². The Balaban J connectivity index is 2.62. The summed E-state index contributed by atoms with van der Waals surface area (Å²) in [5.41, 5.74) is -1.07. The number of nitrogens with one attached hydrogen (secondary N) is 1. The van der Waals surface area contributed by atoms with Crippen LogP contribution in [0.15, 0.2) is 0 Å². The van der Waals surface area contributed by atoms with Crippen LogP contribution in [0.5, 0.6) is 0 Å². The Labute approximate surface area is 95.2 Å². The molecular formula is C11H19NO4. The molecule has 0 aliphatic heterocycles. The van der Waals surface area contributed by atoms with Gasteiger partial charge in [-0.3, -0.25) is 4.79 Å². The van der Waals surface area contributed by atoms with E-state index in [1.54, 1.807) is 13.8 Å². The van der Waals surface area contributed by atoms with Gasteiger partial charge in [-0.25, -0.2) is 4.79 Å². The summed E-state index contributed by atoms with van der Waals surface area (Å²) >= 11 is 0. The Kier molecular flexibility index (Phi) is 4.29. The van der Waals surface area contributed by atoms with Crippen molar-refractivity contribution < 1.29 is 19.4 Å². The lowest BCUT2D eigenvalue weighted by Crippen LogP contribution is -2.55. The van der Waals surface area contributed by atoms with Crippen LogP contribution in [0.25, 0.3) is 0 Å². The van der Waals surface area contributed by atoms with Crippen LogP contribution in [0.2, 0.25) is 0 Å². The molecule has 0 aromatic heterocycles. The third-order valence-electron chi connectivity index (χ3n) is 3.01. The number of carbonyl (C=O) groups is 2. The molecule has 16 heavy (non-hydrogen) atoms. The second-order valence-corrected chi connectivity index (χ2v) is 4.18. The predicted molar refractivity (Wildman–Crippen MR) is 58.1 cm³/mol. The highest BCUT2D eigenvalue weighted by Gasteiger charge is 2.43. The van der Waals surface area contributed by atoms with Crippen LogP contribution in [-0.2, 0) is 14.3 Å². The Morgan fingerprint density at radius 2 is 2.00 bits per heavy atom. The van der Waals surface area contributed by atoms with Gasteiger partial charge in [-0.1, -0.05) is 12.8 Å². The topological polar surface area (TPSA) is 75.6 Å². The number of hydrogen-bond acceptors (Lipinski definition) is 3. The first-order chi connectivity index (χ1) is 7.52. The molecule has 1 rings (SSSR count). The normalized spacial score (nSPS) is 20.4. The molecule has 2 N–H and O–H groups in total. The maximum absolute atomic E-state index is 11.7. The van der Waals surface area contributed by atoms with Crippen LogP contribution in [0.3, 0.4) is 0 Å². The standard InChI is InChI=1S/C11H19NO4/c1-3-16-8(2)9(13)12-11(10(14)15)6-4-5-7-11/h8H,3-7H2,1-2H3,(H,12,13)(H,14,15). The molecule has 1 fully saturated rings. The van der Waals surface area contributed by atoms with Gasteiger partial charge in [-0.2, -0.15) is 0 Å². The number of aliphatic carboxylic acids is 1. The fraction of sp³-hybridized carbons (Fsp3) is 0.818. The van der Waals surface area contributed by atoms with Crippen molar-refractivity contribution in [1.82, 2.24) is 5.32 Å². The van der Waals surface area contributed by atoms with E-state index in [1.807, 2.05) is 0 Å². The minimum Gasteiger partial charge on any atom is -0.480 e. The molecule has 0 spiro atoms. The van der Waals surface area contributed by atoms with E-state index >= 15 is 0 Å². The minimum atomic E-state index is -1.07. The summed E-state index contributed by atoms with van der Waals surface area (Å²) in [7, 11) is 0. The summed E-state index contributed by atoms with van der Waals surface area (Å²) in [6, 6.07) is 0. The Morgan fingerprint density at radius 1 is 1.44 bits per heavy atom. The average Bonchev–Trinajstić information content (AvgIpc) is 2.68. The Bertz CT molecular complexity index is 271. The molecule has 1 aliphatic rings. The summed E-state index contributed by atoms with van der Waals surface area (Å²) in [4.78, 5) is 22.9. The maximum atomic E-state index is 11.7. The second-order valence-electron chi connectivity index (χ2n) is 4.18. The highest BCUT2D eigenvalue weighted by molar-refractivity contribution is 5.89. The van der Waals surface area contributed by atoms with Gasteiger partial charge in [-0.05, 0) is 26.7 Å². The van der Waals surface area contributed by atoms with Crippen LogP contribution in [-0.4, -0.2) is 35.2 Å². The molecule has 1 saturated carbocycles. The molecule has 5 heteroatoms. The minimum absolute atomic E-state index is 0.342. The Hall–Kier alpha value is -1.10. The molecule has 0 radical (unpaired) electrons. The van der Waals surface area contributed by atoms with E-state index in [2.05, 4.69) is 5.32 Å². The maximum Gasteiger partial charge on any atom is 0.329 e. The van der Waals surface area contributed by atoms with Gasteiger partial charge in [0.25, 0.3) is 0 Å². The highest BCUT2D eigenvalue weighted by atomic mass is 16.5. The van der Waals surface area contributed by atoms with Crippen LogP contribution in [0.4, 0.5) is 0 Å². The quantitative estimate of drug-likeness (QED) is 0.735. The van der Waals surface area contributed by atoms with Gasteiger partial charge in [0, 0.05) is 6.61 Å². The zero-order chi connectivity index (χ0) is 12.2. The third-order valence-corrected chi connectivity index (χ3v) is 3.01. The zero-order valence-electron chi connectivity index (χ0n) is 9.78. The van der Waals surface area contributed by atoms with Gasteiger partial charge < -0.3 is 15.2 Å². The van der Waals surface area contributed by atoms with Crippen LogP contribution >= 0.6 is 0 Å². The van der Waals surface area contributed by atoms with Crippen molar-refractivity contribution in [3.8, 4) is 0 Å². The van der Waals surface area contributed by atoms with Gasteiger partial charge in [0.1, 0.15) is 11.6 Å². The molecule has 0 heterocycles. The van der Waals surface area contributed by atoms with Crippen molar-refractivity contribution in [2.24, 2.45) is 0 Å². The van der Waals surface area contributed by atoms with Crippen molar-refractivity contribution in [2.45, 2.75) is 51.2 Å². The Morgan fingerprint density at radius 3 is 2.44 bits per heavy atom. The third kappa shape index (κ3) is 2.72. The molecule has 0 bridgehead atoms. The lowest BCUT2D eigenvalue weighted by Gasteiger charge is -2.26. The monoisotopic (exact) mass is 229 g/mol. The van der Waals surface area contributed by atoms with Crippen LogP contribution in [0, 0.1) is 0 Å². The molecule has 92 valence electrons. The van der Waals surface area contributed by atoms with E-state index in [-0.39, 0.29) is 5.91 Å². The number of ether oxygens (including phenoxy) is 1. The number of carboxylic acids is 1. The first-order valence-electron chi connectivity index (χ1n) is 5.69. The number of carbonyl (C=O) groups excluding carboxylic acids is 1. The summed E-state index contributed by atoms with van der Waals surface area (Å²) < 4.78 is 5.13. The fourth-order valence-electron chi connectivity index (χ4n) is 2.03. The van der Waals surface area contributed by atoms with Gasteiger partial charge in [0.2, 0.25) is 5.91 Å². The van der Waals surface area contributed by atoms with E-state index < -0.39 is 17.6 Å². The SMILES string of the molecule is CCOC(C)C(=O)NC1(C(=O)O)CCCC1. The van der Waals surface area contributed by atoms with E-state index in [4.69, 9.17) is 9.84 Å². The molecule has 0 aromatic rings. The lowest BCUT2D eigenvalue weighted by atomic mass is 9.97. The molecule has 0 saturated heterocycles. The van der Waals surface area contributed by atoms with Crippen molar-refractivity contribution in [3.63, 3.8) is 0 Å². The number of rotatable bonds is 5. The van der Waals surface area contributed by atoms with Crippen LogP contribution in [0.1, 0.15) is 39.5 Å². The lowest BCUT2D eigenvalue weighted by molar-refractivity contribution is -0.149. The summed E-state index contributed by atoms with van der Waals surface area (Å²) in [5.74, 6) is -1.28. The van der Waals surface area contributed by atoms with E-state index in [0.29, 0.717) is 19.4 Å². The number of amides is 1. The number of hydrogen-bond donors (Lipinski definition) is 2. The van der Waals surface area contributed by atoms with E-state index in [9.17, 15) is 9.59 Å². The molecule has 1 atom stereocenters. The van der Waals surface area contributed by atoms with Crippen molar-refractivity contribution in [2.75, 3.05) is 6.61 Å². The summed E-state index contributed by atoms with van der Waals surface area (Å²) in [6.07, 6.45) is 2.10. The van der Waals surface area contributed by atoms with Gasteiger partial charge in [-0.15, -0.1) is 0 Å². The first-order valence-corrected chi connectivity index (χ1v) is 5.69. The molecule has 5 nitrogen and oxygen atoms in total. The summed E-state index contributed by atoms with van der Waals surface area (Å²) in [5, 5.41) is 11.8. The first kappa shape index (κ1) is 13.0. The van der Waals surface area contributed by atoms with Crippen molar-refractivity contribution >= 4 is 11.9 Å². The summed E-state index contributed by atoms with van der Waals surface area (Å²) in [6.45, 7) is 3.87. The fourth-order valence-corrected chi connectivity index (χ4v) is 2.03. The molecular weight excluding hydrogens is 210 g/mol. The van der Waals surface area contributed by atoms with Gasteiger partial charge in [0.15, 0.2) is 0 Å². The smallest absolute Gasteiger partial charge is 0.329 e. The molecule has 1 amide bonds. The zero-order valence-corrected chi connectivity index (χ0v) is 9.78. The second kappa shape index (κ2) is 5.30. The van der Waals surface area contributed by atoms with Crippen molar-refractivity contribution in [3.05, 3.63) is 0 Å². The van der Waals surface area contributed by atoms with Crippen molar-refractivity contribution in [1.29, 1.82) is 0 Å². The predicted octanol–water partition coefficient (Wildman–Crippen LogP) is 0.925. The van der Waals surface area contributed by atoms with Gasteiger partial charge in [0.05, 0.1) is 0 Å². The molecule has 1 aliphatic carbocycles. The average molecular weight is 229 g/mol. The molecule has 0 aromatic carbocycles.